The second-order valence-corrected chi connectivity index (χ2v) is 4.05. The molecule has 0 saturated heterocycles. The van der Waals surface area contributed by atoms with Crippen molar-refractivity contribution >= 4 is 0 Å². The van der Waals surface area contributed by atoms with Crippen LogP contribution < -0.4 is 10.5 Å². The largest absolute Gasteiger partial charge is 0.464 e. The molecular formula is C12H16FNO2. The molecule has 0 aliphatic heterocycles. The summed E-state index contributed by atoms with van der Waals surface area (Å²) in [5.74, 6) is 0.513. The number of hydrogen-bond acceptors (Lipinski definition) is 3. The Balaban J connectivity index is 1.78. The molecule has 1 aromatic rings. The second kappa shape index (κ2) is 5.27. The van der Waals surface area contributed by atoms with Crippen molar-refractivity contribution in [3.8, 4) is 5.75 Å². The molecule has 0 radical (unpaired) electrons. The summed E-state index contributed by atoms with van der Waals surface area (Å²) >= 11 is 0. The molecule has 3 nitrogen and oxygen atoms in total. The van der Waals surface area contributed by atoms with Crippen molar-refractivity contribution in [1.82, 2.24) is 0 Å². The van der Waals surface area contributed by atoms with E-state index in [1.165, 1.54) is 18.9 Å². The zero-order valence-corrected chi connectivity index (χ0v) is 9.12. The normalized spacial score (nSPS) is 15.1. The molecular weight excluding hydrogens is 209 g/mol. The van der Waals surface area contributed by atoms with Gasteiger partial charge in [0.2, 0.25) is 0 Å². The maximum absolute atomic E-state index is 13.4. The molecule has 0 atom stereocenters. The lowest BCUT2D eigenvalue weighted by Crippen LogP contribution is -2.06. The van der Waals surface area contributed by atoms with Crippen LogP contribution in [-0.2, 0) is 11.3 Å². The molecule has 0 unspecified atom stereocenters. The van der Waals surface area contributed by atoms with Crippen LogP contribution in [0.4, 0.5) is 4.39 Å². The summed E-state index contributed by atoms with van der Waals surface area (Å²) < 4.78 is 23.8. The number of ether oxygens (including phenoxy) is 2. The van der Waals surface area contributed by atoms with E-state index in [1.807, 2.05) is 0 Å². The lowest BCUT2D eigenvalue weighted by Gasteiger charge is -2.08. The van der Waals surface area contributed by atoms with Crippen LogP contribution in [0.2, 0.25) is 0 Å². The second-order valence-electron chi connectivity index (χ2n) is 4.05. The predicted molar refractivity (Wildman–Crippen MR) is 58.5 cm³/mol. The smallest absolute Gasteiger partial charge is 0.189 e. The molecule has 16 heavy (non-hydrogen) atoms. The molecule has 2 rings (SSSR count). The van der Waals surface area contributed by atoms with Gasteiger partial charge in [0, 0.05) is 6.54 Å². The van der Waals surface area contributed by atoms with Crippen molar-refractivity contribution in [3.05, 3.63) is 29.6 Å². The van der Waals surface area contributed by atoms with Gasteiger partial charge in [0.1, 0.15) is 0 Å². The van der Waals surface area contributed by atoms with E-state index >= 15 is 0 Å². The highest BCUT2D eigenvalue weighted by Crippen LogP contribution is 2.28. The van der Waals surface area contributed by atoms with Gasteiger partial charge in [-0.25, -0.2) is 4.39 Å². The summed E-state index contributed by atoms with van der Waals surface area (Å²) in [7, 11) is 0. The third kappa shape index (κ3) is 3.18. The number of rotatable bonds is 6. The van der Waals surface area contributed by atoms with Crippen LogP contribution in [0.15, 0.2) is 18.2 Å². The highest BCUT2D eigenvalue weighted by atomic mass is 19.1. The Bertz CT molecular complexity index is 353. The van der Waals surface area contributed by atoms with Gasteiger partial charge in [0.05, 0.1) is 6.61 Å². The maximum atomic E-state index is 13.4. The average Bonchev–Trinajstić information content (AvgIpc) is 3.10. The Hall–Kier alpha value is -1.13. The summed E-state index contributed by atoms with van der Waals surface area (Å²) in [5, 5.41) is 0. The number of hydrogen-bond donors (Lipinski definition) is 1. The van der Waals surface area contributed by atoms with Gasteiger partial charge in [-0.15, -0.1) is 0 Å². The molecule has 0 spiro atoms. The summed E-state index contributed by atoms with van der Waals surface area (Å²) in [6.45, 7) is 1.15. The highest BCUT2D eigenvalue weighted by molar-refractivity contribution is 5.29. The molecule has 1 saturated carbocycles. The van der Waals surface area contributed by atoms with Gasteiger partial charge in [-0.1, -0.05) is 6.07 Å². The SMILES string of the molecule is NCc1ccc(OCOCC2CC2)c(F)c1. The summed E-state index contributed by atoms with van der Waals surface area (Å²) in [6, 6.07) is 4.72. The van der Waals surface area contributed by atoms with Crippen molar-refractivity contribution in [2.75, 3.05) is 13.4 Å². The van der Waals surface area contributed by atoms with Crippen LogP contribution in [0, 0.1) is 11.7 Å². The molecule has 0 bridgehead atoms. The molecule has 0 heterocycles. The van der Waals surface area contributed by atoms with Gasteiger partial charge >= 0.3 is 0 Å². The van der Waals surface area contributed by atoms with Gasteiger partial charge in [0.15, 0.2) is 18.4 Å². The van der Waals surface area contributed by atoms with E-state index in [9.17, 15) is 4.39 Å². The van der Waals surface area contributed by atoms with Gasteiger partial charge in [0.25, 0.3) is 0 Å². The Kier molecular flexibility index (Phi) is 3.74. The predicted octanol–water partition coefficient (Wildman–Crippen LogP) is 2.05. The molecule has 1 fully saturated rings. The van der Waals surface area contributed by atoms with Crippen molar-refractivity contribution in [3.63, 3.8) is 0 Å². The van der Waals surface area contributed by atoms with E-state index in [0.29, 0.717) is 19.1 Å². The van der Waals surface area contributed by atoms with Gasteiger partial charge in [-0.3, -0.25) is 0 Å². The highest BCUT2D eigenvalue weighted by Gasteiger charge is 2.21. The quantitative estimate of drug-likeness (QED) is 0.595. The molecule has 1 aliphatic rings. The van der Waals surface area contributed by atoms with Crippen molar-refractivity contribution < 1.29 is 13.9 Å². The van der Waals surface area contributed by atoms with Crippen LogP contribution in [-0.4, -0.2) is 13.4 Å². The zero-order valence-electron chi connectivity index (χ0n) is 9.12. The van der Waals surface area contributed by atoms with Gasteiger partial charge in [-0.2, -0.15) is 0 Å². The van der Waals surface area contributed by atoms with Crippen LogP contribution in [0.3, 0.4) is 0 Å². The van der Waals surface area contributed by atoms with E-state index in [-0.39, 0.29) is 12.5 Å². The minimum absolute atomic E-state index is 0.107. The average molecular weight is 225 g/mol. The Labute approximate surface area is 94.3 Å². The fourth-order valence-corrected chi connectivity index (χ4v) is 1.39. The lowest BCUT2D eigenvalue weighted by atomic mass is 10.2. The van der Waals surface area contributed by atoms with E-state index in [1.54, 1.807) is 12.1 Å². The van der Waals surface area contributed by atoms with Crippen molar-refractivity contribution in [1.29, 1.82) is 0 Å². The Morgan fingerprint density at radius 2 is 2.19 bits per heavy atom. The third-order valence-corrected chi connectivity index (χ3v) is 2.58. The first-order valence-electron chi connectivity index (χ1n) is 5.48. The van der Waals surface area contributed by atoms with Gasteiger partial charge < -0.3 is 15.2 Å². The fraction of sp³-hybridized carbons (Fsp3) is 0.500. The van der Waals surface area contributed by atoms with Crippen LogP contribution in [0.5, 0.6) is 5.75 Å². The summed E-state index contributed by atoms with van der Waals surface area (Å²) in [6.07, 6.45) is 2.47. The van der Waals surface area contributed by atoms with Crippen LogP contribution in [0.25, 0.3) is 0 Å². The first-order valence-corrected chi connectivity index (χ1v) is 5.48. The van der Waals surface area contributed by atoms with E-state index in [0.717, 1.165) is 5.56 Å². The molecule has 4 heteroatoms. The van der Waals surface area contributed by atoms with Crippen LogP contribution >= 0.6 is 0 Å². The van der Waals surface area contributed by atoms with E-state index in [4.69, 9.17) is 15.2 Å². The minimum atomic E-state index is -0.391. The summed E-state index contributed by atoms with van der Waals surface area (Å²) in [4.78, 5) is 0. The number of halogens is 1. The number of nitrogens with two attached hydrogens (primary N) is 1. The minimum Gasteiger partial charge on any atom is -0.464 e. The topological polar surface area (TPSA) is 44.5 Å². The monoisotopic (exact) mass is 225 g/mol. The lowest BCUT2D eigenvalue weighted by molar-refractivity contribution is 0.00791. The molecule has 2 N–H and O–H groups in total. The first kappa shape index (κ1) is 11.4. The van der Waals surface area contributed by atoms with E-state index < -0.39 is 5.82 Å². The van der Waals surface area contributed by atoms with Gasteiger partial charge in [-0.05, 0) is 36.5 Å². The molecule has 1 aromatic carbocycles. The standard InChI is InChI=1S/C12H16FNO2/c13-11-5-10(6-14)3-4-12(11)16-8-15-7-9-1-2-9/h3-5,9H,1-2,6-8,14H2. The van der Waals surface area contributed by atoms with Crippen molar-refractivity contribution in [2.45, 2.75) is 19.4 Å². The third-order valence-electron chi connectivity index (χ3n) is 2.58. The molecule has 0 aromatic heterocycles. The zero-order chi connectivity index (χ0) is 11.4. The van der Waals surface area contributed by atoms with Crippen LogP contribution in [0.1, 0.15) is 18.4 Å². The molecule has 88 valence electrons. The van der Waals surface area contributed by atoms with E-state index in [2.05, 4.69) is 0 Å². The van der Waals surface area contributed by atoms with Crippen molar-refractivity contribution in [2.24, 2.45) is 11.7 Å². The maximum Gasteiger partial charge on any atom is 0.189 e. The summed E-state index contributed by atoms with van der Waals surface area (Å²) in [5.41, 5.74) is 6.15. The Morgan fingerprint density at radius 3 is 2.81 bits per heavy atom. The molecule has 0 amide bonds. The molecule has 1 aliphatic carbocycles. The first-order chi connectivity index (χ1) is 7.79. The Morgan fingerprint density at radius 1 is 1.38 bits per heavy atom. The fourth-order valence-electron chi connectivity index (χ4n) is 1.39. The number of benzene rings is 1.